The summed E-state index contributed by atoms with van der Waals surface area (Å²) in [5.41, 5.74) is 2.03. The normalized spacial score (nSPS) is 12.2. The molecule has 0 aliphatic heterocycles. The first-order valence-corrected chi connectivity index (χ1v) is 12.1. The molecule has 2 aromatic carbocycles. The van der Waals surface area contributed by atoms with Crippen LogP contribution in [0.5, 0.6) is 5.75 Å². The maximum Gasteiger partial charge on any atom is 0.261 e. The number of nitrogens with one attached hydrogen (secondary N) is 1. The third-order valence-corrected chi connectivity index (χ3v) is 5.97. The molecule has 0 fully saturated rings. The monoisotopic (exact) mass is 472 g/mol. The zero-order valence-corrected chi connectivity index (χ0v) is 21.2. The second-order valence-electron chi connectivity index (χ2n) is 9.24. The Hall–Kier alpha value is -2.53. The van der Waals surface area contributed by atoms with E-state index in [-0.39, 0.29) is 30.4 Å². The van der Waals surface area contributed by atoms with Gasteiger partial charge in [-0.05, 0) is 47.6 Å². The first-order valence-electron chi connectivity index (χ1n) is 11.7. The first kappa shape index (κ1) is 26.7. The predicted molar refractivity (Wildman–Crippen MR) is 135 cm³/mol. The van der Waals surface area contributed by atoms with Crippen molar-refractivity contribution in [1.82, 2.24) is 10.2 Å². The zero-order valence-electron chi connectivity index (χ0n) is 20.5. The summed E-state index contributed by atoms with van der Waals surface area (Å²) in [5, 5.41) is 3.52. The lowest BCUT2D eigenvalue weighted by molar-refractivity contribution is -0.143. The molecule has 0 saturated heterocycles. The molecule has 0 unspecified atom stereocenters. The number of hydrogen-bond donors (Lipinski definition) is 1. The van der Waals surface area contributed by atoms with Crippen molar-refractivity contribution in [3.8, 4) is 5.75 Å². The fraction of sp³-hybridized carbons (Fsp3) is 0.481. The van der Waals surface area contributed by atoms with Gasteiger partial charge in [0.05, 0.1) is 0 Å². The van der Waals surface area contributed by atoms with Crippen LogP contribution in [0.1, 0.15) is 65.0 Å². The van der Waals surface area contributed by atoms with Crippen LogP contribution in [0.3, 0.4) is 0 Å². The summed E-state index contributed by atoms with van der Waals surface area (Å²) in [6.45, 7) is 11.1. The third kappa shape index (κ3) is 8.08. The van der Waals surface area contributed by atoms with Gasteiger partial charge in [-0.1, -0.05) is 83.0 Å². The Kier molecular flexibility index (Phi) is 10.2. The van der Waals surface area contributed by atoms with Gasteiger partial charge in [0.15, 0.2) is 6.61 Å². The van der Waals surface area contributed by atoms with E-state index in [1.165, 1.54) is 5.56 Å². The average molecular weight is 473 g/mol. The van der Waals surface area contributed by atoms with Gasteiger partial charge in [-0.15, -0.1) is 0 Å². The highest BCUT2D eigenvalue weighted by atomic mass is 35.5. The van der Waals surface area contributed by atoms with Gasteiger partial charge in [0.2, 0.25) is 5.91 Å². The van der Waals surface area contributed by atoms with Crippen LogP contribution in [0.25, 0.3) is 0 Å². The SMILES string of the molecule is CCCCNC(=O)[C@H](CC)N(Cc1ccccc1Cl)C(=O)COc1ccc(C(C)(C)C)cc1. The molecule has 0 spiro atoms. The summed E-state index contributed by atoms with van der Waals surface area (Å²) in [5.74, 6) is 0.211. The highest BCUT2D eigenvalue weighted by Gasteiger charge is 2.29. The van der Waals surface area contributed by atoms with Gasteiger partial charge in [0, 0.05) is 18.1 Å². The molecule has 2 rings (SSSR count). The van der Waals surface area contributed by atoms with Crippen molar-refractivity contribution in [2.24, 2.45) is 0 Å². The number of amides is 2. The fourth-order valence-electron chi connectivity index (χ4n) is 3.51. The minimum absolute atomic E-state index is 0.0413. The van der Waals surface area contributed by atoms with Crippen LogP contribution in [0.2, 0.25) is 5.02 Å². The van der Waals surface area contributed by atoms with E-state index >= 15 is 0 Å². The lowest BCUT2D eigenvalue weighted by atomic mass is 9.87. The number of unbranched alkanes of at least 4 members (excludes halogenated alkanes) is 1. The van der Waals surface area contributed by atoms with E-state index in [4.69, 9.17) is 16.3 Å². The minimum Gasteiger partial charge on any atom is -0.484 e. The molecule has 33 heavy (non-hydrogen) atoms. The number of carbonyl (C=O) groups is 2. The smallest absolute Gasteiger partial charge is 0.261 e. The number of rotatable bonds is 11. The maximum absolute atomic E-state index is 13.3. The largest absolute Gasteiger partial charge is 0.484 e. The summed E-state index contributed by atoms with van der Waals surface area (Å²) in [6, 6.07) is 14.6. The second-order valence-corrected chi connectivity index (χ2v) is 9.65. The molecular weight excluding hydrogens is 436 g/mol. The van der Waals surface area contributed by atoms with E-state index in [1.807, 2.05) is 49.4 Å². The van der Waals surface area contributed by atoms with Crippen molar-refractivity contribution in [2.45, 2.75) is 71.9 Å². The van der Waals surface area contributed by atoms with Crippen LogP contribution < -0.4 is 10.1 Å². The molecular formula is C27H37ClN2O3. The molecule has 180 valence electrons. The predicted octanol–water partition coefficient (Wildman–Crippen LogP) is 5.74. The van der Waals surface area contributed by atoms with Gasteiger partial charge >= 0.3 is 0 Å². The molecule has 0 saturated carbocycles. The molecule has 6 heteroatoms. The van der Waals surface area contributed by atoms with Crippen LogP contribution in [0.15, 0.2) is 48.5 Å². The van der Waals surface area contributed by atoms with E-state index in [0.29, 0.717) is 23.7 Å². The van der Waals surface area contributed by atoms with Crippen molar-refractivity contribution in [3.05, 3.63) is 64.7 Å². The number of carbonyl (C=O) groups excluding carboxylic acids is 2. The van der Waals surface area contributed by atoms with Crippen molar-refractivity contribution < 1.29 is 14.3 Å². The lowest BCUT2D eigenvalue weighted by Gasteiger charge is -2.31. The van der Waals surface area contributed by atoms with Gasteiger partial charge in [-0.3, -0.25) is 9.59 Å². The van der Waals surface area contributed by atoms with Crippen LogP contribution in [0, 0.1) is 0 Å². The summed E-state index contributed by atoms with van der Waals surface area (Å²) >= 11 is 6.36. The molecule has 0 radical (unpaired) electrons. The lowest BCUT2D eigenvalue weighted by Crippen LogP contribution is -2.50. The molecule has 5 nitrogen and oxygen atoms in total. The summed E-state index contributed by atoms with van der Waals surface area (Å²) < 4.78 is 5.80. The van der Waals surface area contributed by atoms with Gasteiger partial charge in [0.1, 0.15) is 11.8 Å². The Morgan fingerprint density at radius 2 is 1.73 bits per heavy atom. The van der Waals surface area contributed by atoms with Crippen molar-refractivity contribution in [2.75, 3.05) is 13.2 Å². The van der Waals surface area contributed by atoms with Crippen molar-refractivity contribution in [1.29, 1.82) is 0 Å². The Morgan fingerprint density at radius 1 is 1.06 bits per heavy atom. The second kappa shape index (κ2) is 12.6. The standard InChI is InChI=1S/C27H37ClN2O3/c1-6-8-17-29-26(32)24(7-2)30(18-20-11-9-10-12-23(20)28)25(31)19-33-22-15-13-21(14-16-22)27(3,4)5/h9-16,24H,6-8,17-19H2,1-5H3,(H,29,32)/t24-/m0/s1. The number of ether oxygens (including phenoxy) is 1. The Labute approximate surface area is 203 Å². The Bertz CT molecular complexity index is 906. The van der Waals surface area contributed by atoms with E-state index in [1.54, 1.807) is 11.0 Å². The molecule has 0 bridgehead atoms. The molecule has 0 aromatic heterocycles. The van der Waals surface area contributed by atoms with E-state index in [9.17, 15) is 9.59 Å². The van der Waals surface area contributed by atoms with Crippen LogP contribution >= 0.6 is 11.6 Å². The number of nitrogens with zero attached hydrogens (tertiary/aromatic N) is 1. The van der Waals surface area contributed by atoms with E-state index < -0.39 is 6.04 Å². The summed E-state index contributed by atoms with van der Waals surface area (Å²) in [7, 11) is 0. The van der Waals surface area contributed by atoms with Crippen LogP contribution in [-0.4, -0.2) is 35.9 Å². The Balaban J connectivity index is 2.17. The molecule has 2 amide bonds. The van der Waals surface area contributed by atoms with Gasteiger partial charge in [-0.2, -0.15) is 0 Å². The molecule has 0 heterocycles. The van der Waals surface area contributed by atoms with Gasteiger partial charge < -0.3 is 15.0 Å². The van der Waals surface area contributed by atoms with E-state index in [2.05, 4.69) is 33.0 Å². The number of hydrogen-bond acceptors (Lipinski definition) is 3. The van der Waals surface area contributed by atoms with Crippen LogP contribution in [0.4, 0.5) is 0 Å². The topological polar surface area (TPSA) is 58.6 Å². The highest BCUT2D eigenvalue weighted by molar-refractivity contribution is 6.31. The van der Waals surface area contributed by atoms with Crippen molar-refractivity contribution in [3.63, 3.8) is 0 Å². The summed E-state index contributed by atoms with van der Waals surface area (Å²) in [6.07, 6.45) is 2.38. The van der Waals surface area contributed by atoms with E-state index in [0.717, 1.165) is 18.4 Å². The first-order chi connectivity index (χ1) is 15.7. The third-order valence-electron chi connectivity index (χ3n) is 5.60. The molecule has 0 aliphatic carbocycles. The van der Waals surface area contributed by atoms with Crippen LogP contribution in [-0.2, 0) is 21.5 Å². The average Bonchev–Trinajstić information content (AvgIpc) is 2.78. The molecule has 0 aliphatic rings. The number of benzene rings is 2. The minimum atomic E-state index is -0.600. The van der Waals surface area contributed by atoms with Gasteiger partial charge in [-0.25, -0.2) is 0 Å². The Morgan fingerprint density at radius 3 is 2.30 bits per heavy atom. The zero-order chi connectivity index (χ0) is 24.4. The quantitative estimate of drug-likeness (QED) is 0.424. The number of halogens is 1. The highest BCUT2D eigenvalue weighted by Crippen LogP contribution is 2.24. The fourth-order valence-corrected chi connectivity index (χ4v) is 3.71. The molecule has 1 N–H and O–H groups in total. The molecule has 1 atom stereocenters. The summed E-state index contributed by atoms with van der Waals surface area (Å²) in [4.78, 5) is 27.7. The van der Waals surface area contributed by atoms with Gasteiger partial charge in [0.25, 0.3) is 5.91 Å². The molecule has 2 aromatic rings. The van der Waals surface area contributed by atoms with Crippen molar-refractivity contribution >= 4 is 23.4 Å². The maximum atomic E-state index is 13.3.